The molecule has 1 heterocycles. The van der Waals surface area contributed by atoms with Gasteiger partial charge in [0.15, 0.2) is 0 Å². The predicted molar refractivity (Wildman–Crippen MR) is 160 cm³/mol. The maximum Gasteiger partial charge on any atom is 0.306 e. The van der Waals surface area contributed by atoms with E-state index in [0.29, 0.717) is 38.8 Å². The lowest BCUT2D eigenvalue weighted by atomic mass is 9.54. The molecule has 2 aliphatic rings. The summed E-state index contributed by atoms with van der Waals surface area (Å²) in [4.78, 5) is 12.7. The molecule has 4 nitrogen and oxygen atoms in total. The molecule has 2 fully saturated rings. The van der Waals surface area contributed by atoms with E-state index in [9.17, 15) is 4.79 Å². The molecule has 0 N–H and O–H groups in total. The molecule has 39 heavy (non-hydrogen) atoms. The largest absolute Gasteiger partial charge is 0.462 e. The maximum atomic E-state index is 12.7. The van der Waals surface area contributed by atoms with E-state index in [1.807, 2.05) is 12.1 Å². The summed E-state index contributed by atoms with van der Waals surface area (Å²) in [5.74, 6) is 3.85. The van der Waals surface area contributed by atoms with Gasteiger partial charge in [0.1, 0.15) is 14.2 Å². The van der Waals surface area contributed by atoms with Gasteiger partial charge in [-0.05, 0) is 54.6 Å². The van der Waals surface area contributed by atoms with Gasteiger partial charge < -0.3 is 14.2 Å². The molecule has 2 aromatic carbocycles. The van der Waals surface area contributed by atoms with E-state index in [4.69, 9.17) is 14.2 Å². The highest BCUT2D eigenvalue weighted by atomic mass is 28.3. The van der Waals surface area contributed by atoms with E-state index in [2.05, 4.69) is 86.6 Å². The Balaban J connectivity index is 1.43. The van der Waals surface area contributed by atoms with Crippen LogP contribution in [0.4, 0.5) is 0 Å². The van der Waals surface area contributed by atoms with Gasteiger partial charge in [-0.3, -0.25) is 4.79 Å². The summed E-state index contributed by atoms with van der Waals surface area (Å²) in [6, 6.07) is 20.7. The highest BCUT2D eigenvalue weighted by Crippen LogP contribution is 2.58. The average molecular weight is 547 g/mol. The van der Waals surface area contributed by atoms with Crippen LogP contribution in [0.15, 0.2) is 60.7 Å². The molecule has 210 valence electrons. The van der Waals surface area contributed by atoms with Crippen molar-refractivity contribution in [1.82, 2.24) is 0 Å². The fourth-order valence-corrected chi connectivity index (χ4v) is 6.98. The topological polar surface area (TPSA) is 44.8 Å². The number of carbonyl (C=O) groups is 1. The number of rotatable bonds is 12. The third kappa shape index (κ3) is 8.54. The number of ether oxygens (including phenoxy) is 3. The zero-order valence-corrected chi connectivity index (χ0v) is 25.3. The van der Waals surface area contributed by atoms with Crippen LogP contribution in [-0.2, 0) is 32.2 Å². The predicted octanol–water partition coefficient (Wildman–Crippen LogP) is 7.58. The van der Waals surface area contributed by atoms with Gasteiger partial charge in [-0.15, -0.1) is 11.5 Å². The number of carbonyl (C=O) groups excluding carboxylic acids is 1. The Hall–Kier alpha value is -2.39. The molecule has 1 aliphatic carbocycles. The lowest BCUT2D eigenvalue weighted by Gasteiger charge is -2.51. The number of hydrogen-bond donors (Lipinski definition) is 0. The molecule has 0 spiro atoms. The van der Waals surface area contributed by atoms with Gasteiger partial charge in [0.05, 0.1) is 19.6 Å². The van der Waals surface area contributed by atoms with E-state index in [1.54, 1.807) is 0 Å². The van der Waals surface area contributed by atoms with E-state index >= 15 is 0 Å². The summed E-state index contributed by atoms with van der Waals surface area (Å²) in [5, 5.41) is 0. The van der Waals surface area contributed by atoms with Crippen molar-refractivity contribution in [2.24, 2.45) is 16.7 Å². The first-order valence-corrected chi connectivity index (χ1v) is 18.1. The van der Waals surface area contributed by atoms with Crippen molar-refractivity contribution in [3.05, 3.63) is 71.8 Å². The van der Waals surface area contributed by atoms with Crippen molar-refractivity contribution in [1.29, 1.82) is 0 Å². The van der Waals surface area contributed by atoms with Crippen molar-refractivity contribution in [3.8, 4) is 11.5 Å². The van der Waals surface area contributed by atoms with Gasteiger partial charge in [-0.25, -0.2) is 0 Å². The fourth-order valence-electron chi connectivity index (χ4n) is 6.32. The lowest BCUT2D eigenvalue weighted by Crippen LogP contribution is -2.48. The van der Waals surface area contributed by atoms with Crippen LogP contribution >= 0.6 is 0 Å². The minimum atomic E-state index is -1.41. The Morgan fingerprint density at radius 2 is 1.51 bits per heavy atom. The number of benzene rings is 2. The molecule has 2 aromatic rings. The number of esters is 1. The summed E-state index contributed by atoms with van der Waals surface area (Å²) in [5.41, 5.74) is 5.81. The van der Waals surface area contributed by atoms with Crippen LogP contribution < -0.4 is 0 Å². The van der Waals surface area contributed by atoms with Crippen LogP contribution in [0.25, 0.3) is 0 Å². The van der Waals surface area contributed by atoms with Crippen molar-refractivity contribution in [2.45, 2.75) is 90.8 Å². The zero-order chi connectivity index (χ0) is 27.8. The third-order valence-corrected chi connectivity index (χ3v) is 9.53. The lowest BCUT2D eigenvalue weighted by molar-refractivity contribution is -0.146. The van der Waals surface area contributed by atoms with Gasteiger partial charge in [-0.2, -0.15) is 0 Å². The second-order valence-corrected chi connectivity index (χ2v) is 17.7. The van der Waals surface area contributed by atoms with E-state index < -0.39 is 8.07 Å². The maximum absolute atomic E-state index is 12.7. The number of fused-ring (bicyclic) bond motifs is 1. The quantitative estimate of drug-likeness (QED) is 0.119. The molecular weight excluding hydrogens is 500 g/mol. The third-order valence-electron chi connectivity index (χ3n) is 8.61. The summed E-state index contributed by atoms with van der Waals surface area (Å²) >= 11 is 0. The zero-order valence-electron chi connectivity index (χ0n) is 24.3. The first-order valence-electron chi connectivity index (χ1n) is 14.6. The molecule has 0 amide bonds. The van der Waals surface area contributed by atoms with Crippen LogP contribution in [0.5, 0.6) is 0 Å². The SMILES string of the molecule is C[C@]1(CCOCc2ccccc2)C[C@@H]2OC(=O)C[C@]2(CCC#C[Si](C)(C)C)C[C@@H]1CCOCc1ccccc1. The second-order valence-electron chi connectivity index (χ2n) is 12.9. The standard InChI is InChI=1S/C34H46O4Si/c1-33(19-21-37-27-29-15-9-6-10-16-29)24-31-34(25-32(35)38-31,18-11-12-22-39(2,3)4)23-30(33)17-20-36-26-28-13-7-5-8-14-28/h5-10,13-16,30-31H,11,17-21,23-27H2,1-4H3/t30-,31-,33-,34-/m0/s1. The van der Waals surface area contributed by atoms with Crippen LogP contribution in [-0.4, -0.2) is 33.4 Å². The normalized spacial score (nSPS) is 26.4. The van der Waals surface area contributed by atoms with E-state index in [1.165, 1.54) is 11.1 Å². The molecule has 0 bridgehead atoms. The molecule has 5 heteroatoms. The molecule has 4 atom stereocenters. The van der Waals surface area contributed by atoms with Crippen molar-refractivity contribution in [2.75, 3.05) is 13.2 Å². The minimum Gasteiger partial charge on any atom is -0.462 e. The second kappa shape index (κ2) is 13.3. The molecule has 1 aliphatic heterocycles. The molecule has 4 rings (SSSR count). The van der Waals surface area contributed by atoms with Gasteiger partial charge >= 0.3 is 5.97 Å². The van der Waals surface area contributed by atoms with Crippen LogP contribution in [0, 0.1) is 28.2 Å². The first kappa shape index (κ1) is 29.6. The molecule has 0 radical (unpaired) electrons. The Morgan fingerprint density at radius 1 is 0.897 bits per heavy atom. The van der Waals surface area contributed by atoms with Crippen LogP contribution in [0.1, 0.15) is 63.0 Å². The minimum absolute atomic E-state index is 0.0234. The Labute approximate surface area is 236 Å². The summed E-state index contributed by atoms with van der Waals surface area (Å²) in [6.07, 6.45) is 6.07. The Morgan fingerprint density at radius 3 is 2.13 bits per heavy atom. The monoisotopic (exact) mass is 546 g/mol. The number of hydrogen-bond acceptors (Lipinski definition) is 4. The molecule has 1 saturated carbocycles. The van der Waals surface area contributed by atoms with Gasteiger partial charge in [0, 0.05) is 25.0 Å². The van der Waals surface area contributed by atoms with Crippen LogP contribution in [0.2, 0.25) is 19.6 Å². The molecule has 1 saturated heterocycles. The van der Waals surface area contributed by atoms with Crippen LogP contribution in [0.3, 0.4) is 0 Å². The highest BCUT2D eigenvalue weighted by molar-refractivity contribution is 6.83. The Bertz CT molecular complexity index is 1120. The van der Waals surface area contributed by atoms with Crippen molar-refractivity contribution >= 4 is 14.0 Å². The fraction of sp³-hybridized carbons (Fsp3) is 0.559. The van der Waals surface area contributed by atoms with Gasteiger partial charge in [0.2, 0.25) is 0 Å². The highest BCUT2D eigenvalue weighted by Gasteiger charge is 2.57. The molecular formula is C34H46O4Si. The van der Waals surface area contributed by atoms with E-state index in [-0.39, 0.29) is 22.9 Å². The molecule has 0 aromatic heterocycles. The van der Waals surface area contributed by atoms with Crippen molar-refractivity contribution < 1.29 is 19.0 Å². The smallest absolute Gasteiger partial charge is 0.306 e. The molecule has 0 unspecified atom stereocenters. The summed E-state index contributed by atoms with van der Waals surface area (Å²) in [7, 11) is -1.41. The first-order chi connectivity index (χ1) is 18.7. The van der Waals surface area contributed by atoms with Gasteiger partial charge in [0.25, 0.3) is 0 Å². The summed E-state index contributed by atoms with van der Waals surface area (Å²) in [6.45, 7) is 11.9. The van der Waals surface area contributed by atoms with Crippen molar-refractivity contribution in [3.63, 3.8) is 0 Å². The van der Waals surface area contributed by atoms with Gasteiger partial charge in [-0.1, -0.05) is 87.2 Å². The average Bonchev–Trinajstić information content (AvgIpc) is 3.22. The van der Waals surface area contributed by atoms with E-state index in [0.717, 1.165) is 38.5 Å². The Kier molecular flexibility index (Phi) is 10.1. The summed E-state index contributed by atoms with van der Waals surface area (Å²) < 4.78 is 18.3.